The van der Waals surface area contributed by atoms with Gasteiger partial charge in [0.25, 0.3) is 5.91 Å². The predicted octanol–water partition coefficient (Wildman–Crippen LogP) is 5.24. The zero-order chi connectivity index (χ0) is 24.4. The zero-order valence-electron chi connectivity index (χ0n) is 17.2. The Morgan fingerprint density at radius 3 is 2.15 bits per heavy atom. The lowest BCUT2D eigenvalue weighted by Gasteiger charge is -2.15. The van der Waals surface area contributed by atoms with Gasteiger partial charge >= 0.3 is 12.4 Å². The van der Waals surface area contributed by atoms with Gasteiger partial charge in [0.05, 0.1) is 38.1 Å². The molecule has 0 unspecified atom stereocenters. The number of hydrogen-bond acceptors (Lipinski definition) is 4. The van der Waals surface area contributed by atoms with E-state index in [0.29, 0.717) is 29.2 Å². The van der Waals surface area contributed by atoms with Crippen molar-refractivity contribution >= 4 is 11.7 Å². The van der Waals surface area contributed by atoms with Gasteiger partial charge in [-0.05, 0) is 24.3 Å². The molecule has 0 saturated carbocycles. The van der Waals surface area contributed by atoms with Crippen molar-refractivity contribution in [3.05, 3.63) is 70.9 Å². The molecule has 0 spiro atoms. The number of carbonyl (C=O) groups excluding carboxylic acids is 1. The Kier molecular flexibility index (Phi) is 6.56. The first-order valence-electron chi connectivity index (χ1n) is 9.26. The van der Waals surface area contributed by atoms with Crippen LogP contribution in [0.2, 0.25) is 0 Å². The summed E-state index contributed by atoms with van der Waals surface area (Å²) < 4.78 is 90.3. The van der Waals surface area contributed by atoms with E-state index >= 15 is 0 Å². The number of benzene rings is 2. The number of hydrogen-bond donors (Lipinski definition) is 1. The summed E-state index contributed by atoms with van der Waals surface area (Å²) in [5.41, 5.74) is -3.37. The SMILES string of the molecule is COc1cccc(Cn2nccc2NC(=O)c2cc(C(F)(F)F)cc(C(F)(F)F)c2)c1OC. The Bertz CT molecular complexity index is 1120. The van der Waals surface area contributed by atoms with Crippen LogP contribution in [0.4, 0.5) is 32.2 Å². The van der Waals surface area contributed by atoms with Gasteiger partial charge in [-0.1, -0.05) is 12.1 Å². The number of methoxy groups -OCH3 is 2. The third-order valence-electron chi connectivity index (χ3n) is 4.61. The maximum Gasteiger partial charge on any atom is 0.416 e. The van der Waals surface area contributed by atoms with E-state index < -0.39 is 35.0 Å². The summed E-state index contributed by atoms with van der Waals surface area (Å²) in [6.45, 7) is 0.0688. The Morgan fingerprint density at radius 1 is 0.970 bits per heavy atom. The highest BCUT2D eigenvalue weighted by Crippen LogP contribution is 2.36. The van der Waals surface area contributed by atoms with Gasteiger partial charge in [-0.15, -0.1) is 0 Å². The molecule has 1 aromatic heterocycles. The molecule has 0 bridgehead atoms. The average molecular weight is 473 g/mol. The zero-order valence-corrected chi connectivity index (χ0v) is 17.2. The van der Waals surface area contributed by atoms with E-state index in [1.54, 1.807) is 18.2 Å². The molecule has 0 atom stereocenters. The lowest BCUT2D eigenvalue weighted by atomic mass is 10.0. The van der Waals surface area contributed by atoms with E-state index in [9.17, 15) is 31.1 Å². The van der Waals surface area contributed by atoms with E-state index in [2.05, 4.69) is 10.4 Å². The molecule has 0 aliphatic carbocycles. The summed E-state index contributed by atoms with van der Waals surface area (Å²) >= 11 is 0. The lowest BCUT2D eigenvalue weighted by molar-refractivity contribution is -0.143. The number of aromatic nitrogens is 2. The van der Waals surface area contributed by atoms with Crippen LogP contribution in [0.5, 0.6) is 11.5 Å². The Hall–Kier alpha value is -3.70. The van der Waals surface area contributed by atoms with Crippen molar-refractivity contribution in [2.45, 2.75) is 18.9 Å². The number of nitrogens with one attached hydrogen (secondary N) is 1. The number of amides is 1. The average Bonchev–Trinajstić information content (AvgIpc) is 3.18. The number of anilines is 1. The molecular formula is C21H17F6N3O3. The van der Waals surface area contributed by atoms with Crippen LogP contribution in [0.25, 0.3) is 0 Å². The number of para-hydroxylation sites is 1. The fourth-order valence-corrected chi connectivity index (χ4v) is 3.08. The molecule has 33 heavy (non-hydrogen) atoms. The van der Waals surface area contributed by atoms with Gasteiger partial charge in [-0.3, -0.25) is 4.79 Å². The first kappa shape index (κ1) is 24.0. The molecule has 0 aliphatic rings. The van der Waals surface area contributed by atoms with Crippen molar-refractivity contribution in [2.75, 3.05) is 19.5 Å². The second-order valence-corrected chi connectivity index (χ2v) is 6.78. The number of carbonyl (C=O) groups is 1. The molecule has 1 heterocycles. The van der Waals surface area contributed by atoms with E-state index in [1.807, 2.05) is 0 Å². The van der Waals surface area contributed by atoms with Gasteiger partial charge < -0.3 is 14.8 Å². The van der Waals surface area contributed by atoms with Crippen molar-refractivity contribution in [3.8, 4) is 11.5 Å². The van der Waals surface area contributed by atoms with Crippen LogP contribution in [-0.2, 0) is 18.9 Å². The largest absolute Gasteiger partial charge is 0.493 e. The molecule has 3 rings (SSSR count). The fraction of sp³-hybridized carbons (Fsp3) is 0.238. The second-order valence-electron chi connectivity index (χ2n) is 6.78. The minimum atomic E-state index is -5.07. The Labute approximate surface area is 183 Å². The Balaban J connectivity index is 1.91. The lowest BCUT2D eigenvalue weighted by Crippen LogP contribution is -2.19. The maximum absolute atomic E-state index is 13.1. The summed E-state index contributed by atoms with van der Waals surface area (Å²) in [5.74, 6) is -0.265. The summed E-state index contributed by atoms with van der Waals surface area (Å²) in [6.07, 6.45) is -8.82. The van der Waals surface area contributed by atoms with Gasteiger partial charge in [-0.2, -0.15) is 31.4 Å². The van der Waals surface area contributed by atoms with Crippen LogP contribution in [0.15, 0.2) is 48.7 Å². The smallest absolute Gasteiger partial charge is 0.416 e. The van der Waals surface area contributed by atoms with Gasteiger partial charge in [0.1, 0.15) is 5.82 Å². The third-order valence-corrected chi connectivity index (χ3v) is 4.61. The quantitative estimate of drug-likeness (QED) is 0.498. The second kappa shape index (κ2) is 9.04. The number of nitrogens with zero attached hydrogens (tertiary/aromatic N) is 2. The molecule has 0 saturated heterocycles. The molecule has 12 heteroatoms. The summed E-state index contributed by atoms with van der Waals surface area (Å²) in [6, 6.07) is 7.09. The highest BCUT2D eigenvalue weighted by molar-refractivity contribution is 6.04. The molecular weight excluding hydrogens is 456 g/mol. The Morgan fingerprint density at radius 2 is 1.61 bits per heavy atom. The maximum atomic E-state index is 13.1. The van der Waals surface area contributed by atoms with E-state index in [0.717, 1.165) is 0 Å². The highest BCUT2D eigenvalue weighted by atomic mass is 19.4. The molecule has 2 aromatic carbocycles. The van der Waals surface area contributed by atoms with Crippen LogP contribution >= 0.6 is 0 Å². The predicted molar refractivity (Wildman–Crippen MR) is 105 cm³/mol. The third kappa shape index (κ3) is 5.38. The number of halogens is 6. The van der Waals surface area contributed by atoms with Crippen molar-refractivity contribution in [3.63, 3.8) is 0 Å². The van der Waals surface area contributed by atoms with Crippen LogP contribution in [0.1, 0.15) is 27.0 Å². The monoisotopic (exact) mass is 473 g/mol. The van der Waals surface area contributed by atoms with Crippen molar-refractivity contribution in [1.82, 2.24) is 9.78 Å². The van der Waals surface area contributed by atoms with E-state index in [4.69, 9.17) is 9.47 Å². The van der Waals surface area contributed by atoms with Crippen LogP contribution < -0.4 is 14.8 Å². The molecule has 3 aromatic rings. The first-order chi connectivity index (χ1) is 15.4. The molecule has 1 amide bonds. The van der Waals surface area contributed by atoms with Crippen molar-refractivity contribution < 1.29 is 40.6 Å². The topological polar surface area (TPSA) is 65.4 Å². The first-order valence-corrected chi connectivity index (χ1v) is 9.26. The van der Waals surface area contributed by atoms with Crippen molar-refractivity contribution in [1.29, 1.82) is 0 Å². The summed E-state index contributed by atoms with van der Waals surface area (Å²) in [5, 5.41) is 6.35. The van der Waals surface area contributed by atoms with Crippen LogP contribution in [0.3, 0.4) is 0 Å². The molecule has 1 N–H and O–H groups in total. The minimum Gasteiger partial charge on any atom is -0.493 e. The van der Waals surface area contributed by atoms with Crippen LogP contribution in [-0.4, -0.2) is 29.9 Å². The highest BCUT2D eigenvalue weighted by Gasteiger charge is 2.37. The number of alkyl halides is 6. The minimum absolute atomic E-state index is 0.0455. The van der Waals surface area contributed by atoms with E-state index in [1.165, 1.54) is 31.2 Å². The molecule has 6 nitrogen and oxygen atoms in total. The van der Waals surface area contributed by atoms with E-state index in [-0.39, 0.29) is 18.4 Å². The number of ether oxygens (including phenoxy) is 2. The van der Waals surface area contributed by atoms with Gasteiger partial charge in [0.15, 0.2) is 11.5 Å². The summed E-state index contributed by atoms with van der Waals surface area (Å²) in [4.78, 5) is 12.6. The molecule has 0 radical (unpaired) electrons. The normalized spacial score (nSPS) is 11.9. The van der Waals surface area contributed by atoms with Gasteiger partial charge in [-0.25, -0.2) is 4.68 Å². The van der Waals surface area contributed by atoms with Gasteiger partial charge in [0, 0.05) is 17.2 Å². The van der Waals surface area contributed by atoms with Crippen molar-refractivity contribution in [2.24, 2.45) is 0 Å². The fourth-order valence-electron chi connectivity index (χ4n) is 3.08. The van der Waals surface area contributed by atoms with Gasteiger partial charge in [0.2, 0.25) is 0 Å². The molecule has 176 valence electrons. The number of rotatable bonds is 6. The molecule has 0 fully saturated rings. The molecule has 0 aliphatic heterocycles. The standard InChI is InChI=1S/C21H17F6N3O3/c1-32-16-5-3-4-12(18(16)33-2)11-30-17(6-7-28-30)29-19(31)13-8-14(20(22,23)24)10-15(9-13)21(25,26)27/h3-10H,11H2,1-2H3,(H,29,31). The summed E-state index contributed by atoms with van der Waals surface area (Å²) in [7, 11) is 2.88. The van der Waals surface area contributed by atoms with Crippen LogP contribution in [0, 0.1) is 0 Å².